The molecule has 4 heteroatoms. The zero-order valence-corrected chi connectivity index (χ0v) is 10.3. The predicted octanol–water partition coefficient (Wildman–Crippen LogP) is 1.14. The van der Waals surface area contributed by atoms with E-state index in [1.165, 1.54) is 0 Å². The van der Waals surface area contributed by atoms with E-state index in [-0.39, 0.29) is 17.5 Å². The molecule has 0 fully saturated rings. The summed E-state index contributed by atoms with van der Waals surface area (Å²) in [4.78, 5) is 13.3. The fraction of sp³-hybridized carbons (Fsp3) is 0.818. The molecule has 0 heterocycles. The number of likely N-dealkylation sites (N-methyl/N-ethyl adjacent to an activating group) is 1. The van der Waals surface area contributed by atoms with Crippen molar-refractivity contribution in [3.05, 3.63) is 0 Å². The van der Waals surface area contributed by atoms with Crippen LogP contribution < -0.4 is 5.32 Å². The van der Waals surface area contributed by atoms with Crippen molar-refractivity contribution < 1.29 is 4.79 Å². The summed E-state index contributed by atoms with van der Waals surface area (Å²) in [6.45, 7) is 8.23. The van der Waals surface area contributed by atoms with Crippen molar-refractivity contribution in [2.45, 2.75) is 45.7 Å². The smallest absolute Gasteiger partial charge is 0.236 e. The van der Waals surface area contributed by atoms with Crippen molar-refractivity contribution >= 4 is 5.91 Å². The zero-order chi connectivity index (χ0) is 12.1. The second kappa shape index (κ2) is 5.72. The van der Waals surface area contributed by atoms with Gasteiger partial charge < -0.3 is 10.2 Å². The van der Waals surface area contributed by atoms with Crippen LogP contribution in [-0.4, -0.2) is 36.0 Å². The van der Waals surface area contributed by atoms with E-state index in [1.54, 1.807) is 11.9 Å². The lowest BCUT2D eigenvalue weighted by molar-refractivity contribution is -0.130. The number of hydrogen-bond acceptors (Lipinski definition) is 3. The largest absolute Gasteiger partial charge is 0.341 e. The minimum Gasteiger partial charge on any atom is -0.341 e. The van der Waals surface area contributed by atoms with Crippen molar-refractivity contribution in [1.29, 1.82) is 5.26 Å². The van der Waals surface area contributed by atoms with E-state index < -0.39 is 0 Å². The molecular formula is C11H21N3O. The van der Waals surface area contributed by atoms with Gasteiger partial charge in [-0.1, -0.05) is 0 Å². The standard InChI is InChI=1S/C11H21N3O/c1-9(6-7-12)14(5)10(15)8-13-11(2,3)4/h9,13H,6,8H2,1-5H3. The fourth-order valence-electron chi connectivity index (χ4n) is 0.980. The molecule has 0 saturated carbocycles. The van der Waals surface area contributed by atoms with E-state index in [0.717, 1.165) is 0 Å². The van der Waals surface area contributed by atoms with Crippen LogP contribution in [0.5, 0.6) is 0 Å². The topological polar surface area (TPSA) is 56.1 Å². The Hall–Kier alpha value is -1.08. The molecular weight excluding hydrogens is 190 g/mol. The van der Waals surface area contributed by atoms with Crippen molar-refractivity contribution in [1.82, 2.24) is 10.2 Å². The third kappa shape index (κ3) is 6.08. The van der Waals surface area contributed by atoms with Gasteiger partial charge in [0.25, 0.3) is 0 Å². The summed E-state index contributed by atoms with van der Waals surface area (Å²) in [5.41, 5.74) is -0.0605. The Morgan fingerprint density at radius 1 is 1.53 bits per heavy atom. The molecule has 0 aliphatic carbocycles. The second-order valence-electron chi connectivity index (χ2n) is 4.82. The first-order chi connectivity index (χ1) is 6.78. The Balaban J connectivity index is 4.06. The summed E-state index contributed by atoms with van der Waals surface area (Å²) in [5, 5.41) is 11.6. The molecule has 15 heavy (non-hydrogen) atoms. The van der Waals surface area contributed by atoms with Gasteiger partial charge in [0.2, 0.25) is 5.91 Å². The van der Waals surface area contributed by atoms with Crippen LogP contribution in [0, 0.1) is 11.3 Å². The van der Waals surface area contributed by atoms with Gasteiger partial charge in [-0.2, -0.15) is 5.26 Å². The molecule has 0 aromatic carbocycles. The summed E-state index contributed by atoms with van der Waals surface area (Å²) in [5.74, 6) is 0.0210. The molecule has 1 amide bonds. The lowest BCUT2D eigenvalue weighted by atomic mass is 10.1. The lowest BCUT2D eigenvalue weighted by Gasteiger charge is -2.26. The summed E-state index contributed by atoms with van der Waals surface area (Å²) < 4.78 is 0. The molecule has 0 aliphatic rings. The van der Waals surface area contributed by atoms with Gasteiger partial charge in [0.05, 0.1) is 19.0 Å². The van der Waals surface area contributed by atoms with Crippen molar-refractivity contribution in [2.75, 3.05) is 13.6 Å². The molecule has 1 N–H and O–H groups in total. The highest BCUT2D eigenvalue weighted by atomic mass is 16.2. The number of amides is 1. The average Bonchev–Trinajstić information content (AvgIpc) is 2.12. The first-order valence-corrected chi connectivity index (χ1v) is 5.15. The zero-order valence-electron chi connectivity index (χ0n) is 10.3. The molecule has 1 unspecified atom stereocenters. The van der Waals surface area contributed by atoms with E-state index in [2.05, 4.69) is 11.4 Å². The maximum atomic E-state index is 11.7. The van der Waals surface area contributed by atoms with E-state index in [4.69, 9.17) is 5.26 Å². The van der Waals surface area contributed by atoms with Gasteiger partial charge in [-0.25, -0.2) is 0 Å². The molecule has 0 saturated heterocycles. The molecule has 0 rings (SSSR count). The number of rotatable bonds is 4. The van der Waals surface area contributed by atoms with Crippen molar-refractivity contribution in [3.8, 4) is 6.07 Å². The Labute approximate surface area is 92.3 Å². The van der Waals surface area contributed by atoms with Gasteiger partial charge in [-0.15, -0.1) is 0 Å². The van der Waals surface area contributed by atoms with Crippen molar-refractivity contribution in [2.24, 2.45) is 0 Å². The number of hydrogen-bond donors (Lipinski definition) is 1. The maximum absolute atomic E-state index is 11.7. The molecule has 0 aliphatic heterocycles. The monoisotopic (exact) mass is 211 g/mol. The highest BCUT2D eigenvalue weighted by Gasteiger charge is 2.17. The first-order valence-electron chi connectivity index (χ1n) is 5.15. The van der Waals surface area contributed by atoms with Crippen LogP contribution >= 0.6 is 0 Å². The quantitative estimate of drug-likeness (QED) is 0.758. The summed E-state index contributed by atoms with van der Waals surface area (Å²) >= 11 is 0. The Morgan fingerprint density at radius 2 is 2.07 bits per heavy atom. The van der Waals surface area contributed by atoms with Crippen LogP contribution in [0.4, 0.5) is 0 Å². The maximum Gasteiger partial charge on any atom is 0.236 e. The summed E-state index contributed by atoms with van der Waals surface area (Å²) in [7, 11) is 1.73. The molecule has 86 valence electrons. The molecule has 0 spiro atoms. The third-order valence-corrected chi connectivity index (χ3v) is 2.21. The Kier molecular flexibility index (Phi) is 5.31. The molecule has 0 aromatic heterocycles. The number of carbonyl (C=O) groups excluding carboxylic acids is 1. The number of nitrogens with zero attached hydrogens (tertiary/aromatic N) is 2. The van der Waals surface area contributed by atoms with Gasteiger partial charge in [0.15, 0.2) is 0 Å². The average molecular weight is 211 g/mol. The van der Waals surface area contributed by atoms with E-state index in [0.29, 0.717) is 13.0 Å². The van der Waals surface area contributed by atoms with Gasteiger partial charge in [-0.05, 0) is 27.7 Å². The Morgan fingerprint density at radius 3 is 2.47 bits per heavy atom. The Bertz CT molecular complexity index is 250. The highest BCUT2D eigenvalue weighted by molar-refractivity contribution is 5.78. The van der Waals surface area contributed by atoms with Gasteiger partial charge in [0, 0.05) is 18.6 Å². The van der Waals surface area contributed by atoms with Crippen LogP contribution in [0.2, 0.25) is 0 Å². The van der Waals surface area contributed by atoms with E-state index in [1.807, 2.05) is 27.7 Å². The second-order valence-corrected chi connectivity index (χ2v) is 4.82. The first kappa shape index (κ1) is 13.9. The lowest BCUT2D eigenvalue weighted by Crippen LogP contribution is -2.46. The van der Waals surface area contributed by atoms with Gasteiger partial charge in [0.1, 0.15) is 0 Å². The number of carbonyl (C=O) groups is 1. The third-order valence-electron chi connectivity index (χ3n) is 2.21. The van der Waals surface area contributed by atoms with Crippen LogP contribution in [0.25, 0.3) is 0 Å². The van der Waals surface area contributed by atoms with Gasteiger partial charge in [-0.3, -0.25) is 4.79 Å². The predicted molar refractivity (Wildman–Crippen MR) is 60.2 cm³/mol. The van der Waals surface area contributed by atoms with Crippen molar-refractivity contribution in [3.63, 3.8) is 0 Å². The minimum absolute atomic E-state index is 0.0210. The highest BCUT2D eigenvalue weighted by Crippen LogP contribution is 2.02. The van der Waals surface area contributed by atoms with E-state index >= 15 is 0 Å². The number of nitrogens with one attached hydrogen (secondary N) is 1. The van der Waals surface area contributed by atoms with Crippen LogP contribution in [0.3, 0.4) is 0 Å². The fourth-order valence-corrected chi connectivity index (χ4v) is 0.980. The summed E-state index contributed by atoms with van der Waals surface area (Å²) in [6, 6.07) is 2.04. The molecule has 0 radical (unpaired) electrons. The summed E-state index contributed by atoms with van der Waals surface area (Å²) in [6.07, 6.45) is 0.373. The number of nitriles is 1. The van der Waals surface area contributed by atoms with Crippen LogP contribution in [0.15, 0.2) is 0 Å². The molecule has 4 nitrogen and oxygen atoms in total. The molecule has 0 bridgehead atoms. The van der Waals surface area contributed by atoms with E-state index in [9.17, 15) is 4.79 Å². The molecule has 1 atom stereocenters. The van der Waals surface area contributed by atoms with Crippen LogP contribution in [-0.2, 0) is 4.79 Å². The SMILES string of the molecule is CC(CC#N)N(C)C(=O)CNC(C)(C)C. The normalized spacial score (nSPS) is 13.1. The van der Waals surface area contributed by atoms with Gasteiger partial charge >= 0.3 is 0 Å². The van der Waals surface area contributed by atoms with Crippen LogP contribution in [0.1, 0.15) is 34.1 Å². The molecule has 0 aromatic rings. The minimum atomic E-state index is -0.0605.